The Morgan fingerprint density at radius 1 is 1.07 bits per heavy atom. The first-order chi connectivity index (χ1) is 14.3. The zero-order valence-electron chi connectivity index (χ0n) is 16.3. The minimum absolute atomic E-state index is 0.0293. The van der Waals surface area contributed by atoms with Gasteiger partial charge in [-0.3, -0.25) is 19.8 Å². The van der Waals surface area contributed by atoms with Gasteiger partial charge in [-0.1, -0.05) is 54.6 Å². The summed E-state index contributed by atoms with van der Waals surface area (Å²) in [6.45, 7) is 2.12. The van der Waals surface area contributed by atoms with Crippen molar-refractivity contribution in [3.8, 4) is 5.75 Å². The number of amides is 1. The third-order valence-corrected chi connectivity index (χ3v) is 4.53. The molecule has 0 N–H and O–H groups in total. The second kappa shape index (κ2) is 8.69. The van der Waals surface area contributed by atoms with Crippen molar-refractivity contribution in [3.63, 3.8) is 0 Å². The molecule has 3 rings (SSSR count). The topological polar surface area (TPSA) is 72.7 Å². The summed E-state index contributed by atoms with van der Waals surface area (Å²) in [5, 5.41) is 13.0. The van der Waals surface area contributed by atoms with Crippen LogP contribution in [0.2, 0.25) is 0 Å². The molecule has 0 aliphatic rings. The van der Waals surface area contributed by atoms with E-state index in [0.717, 1.165) is 19.4 Å². The van der Waals surface area contributed by atoms with Gasteiger partial charge in [-0.15, -0.1) is 0 Å². The lowest BCUT2D eigenvalue weighted by atomic mass is 10.1. The summed E-state index contributed by atoms with van der Waals surface area (Å²) >= 11 is 0. The number of hydrogen-bond donors (Lipinski definition) is 0. The molecule has 0 radical (unpaired) electrons. The lowest BCUT2D eigenvalue weighted by Gasteiger charge is -2.23. The van der Waals surface area contributed by atoms with Gasteiger partial charge in [-0.05, 0) is 23.9 Å². The molecule has 0 saturated carbocycles. The van der Waals surface area contributed by atoms with Crippen molar-refractivity contribution in [3.05, 3.63) is 88.1 Å². The number of nitrogens with zero attached hydrogens (tertiary/aromatic N) is 2. The van der Waals surface area contributed by atoms with Gasteiger partial charge in [0.15, 0.2) is 0 Å². The van der Waals surface area contributed by atoms with E-state index in [1.165, 1.54) is 6.07 Å². The van der Waals surface area contributed by atoms with Crippen LogP contribution in [0.1, 0.15) is 19.4 Å². The Bertz CT molecular complexity index is 1140. The van der Waals surface area contributed by atoms with Crippen LogP contribution in [0, 0.1) is 10.1 Å². The number of carbonyl (C=O) groups is 1. The standard InChI is InChI=1S/C22H18F2N2O4/c1-14(22(23)24)25(15(2)27)19-12-17-10-6-7-11-18(17)21(20(19)26(28)29)30-13-16-8-4-3-5-9-16/h3-12H,13H2,1-2H3. The second-order valence-electron chi connectivity index (χ2n) is 6.53. The van der Waals surface area contributed by atoms with Gasteiger partial charge >= 0.3 is 5.69 Å². The quantitative estimate of drug-likeness (QED) is 0.378. The number of ether oxygens (including phenoxy) is 1. The molecule has 3 aromatic rings. The minimum atomic E-state index is -2.11. The lowest BCUT2D eigenvalue weighted by molar-refractivity contribution is -0.385. The zero-order chi connectivity index (χ0) is 21.8. The third kappa shape index (κ3) is 4.12. The first-order valence-corrected chi connectivity index (χ1v) is 9.00. The van der Waals surface area contributed by atoms with Gasteiger partial charge in [0.05, 0.1) is 10.6 Å². The summed E-state index contributed by atoms with van der Waals surface area (Å²) in [5.41, 5.74) is -0.745. The van der Waals surface area contributed by atoms with Crippen molar-refractivity contribution < 1.29 is 23.2 Å². The van der Waals surface area contributed by atoms with Crippen LogP contribution in [-0.2, 0) is 11.4 Å². The summed E-state index contributed by atoms with van der Waals surface area (Å²) in [5.74, 6) is -0.872. The molecule has 6 nitrogen and oxygen atoms in total. The number of fused-ring (bicyclic) bond motifs is 1. The van der Waals surface area contributed by atoms with Crippen LogP contribution < -0.4 is 9.64 Å². The summed E-state index contributed by atoms with van der Waals surface area (Å²) in [7, 11) is 0. The first-order valence-electron chi connectivity index (χ1n) is 9.00. The van der Waals surface area contributed by atoms with E-state index in [-0.39, 0.29) is 18.0 Å². The highest BCUT2D eigenvalue weighted by Crippen LogP contribution is 2.45. The maximum absolute atomic E-state index is 13.3. The lowest BCUT2D eigenvalue weighted by Crippen LogP contribution is -2.27. The number of allylic oxidation sites excluding steroid dienone is 1. The molecule has 0 aliphatic carbocycles. The molecular weight excluding hydrogens is 394 g/mol. The number of carbonyl (C=O) groups excluding carboxylic acids is 1. The van der Waals surface area contributed by atoms with E-state index in [1.807, 2.05) is 6.07 Å². The number of benzene rings is 3. The van der Waals surface area contributed by atoms with Crippen molar-refractivity contribution in [2.75, 3.05) is 4.90 Å². The Morgan fingerprint density at radius 3 is 2.30 bits per heavy atom. The maximum atomic E-state index is 13.3. The predicted octanol–water partition coefficient (Wildman–Crippen LogP) is 5.81. The molecule has 154 valence electrons. The van der Waals surface area contributed by atoms with Crippen molar-refractivity contribution in [1.29, 1.82) is 0 Å². The molecule has 0 spiro atoms. The molecule has 0 saturated heterocycles. The highest BCUT2D eigenvalue weighted by Gasteiger charge is 2.31. The number of rotatable bonds is 6. The minimum Gasteiger partial charge on any atom is -0.481 e. The van der Waals surface area contributed by atoms with E-state index in [9.17, 15) is 23.7 Å². The molecular formula is C22H18F2N2O4. The highest BCUT2D eigenvalue weighted by molar-refractivity contribution is 6.04. The molecule has 1 amide bonds. The van der Waals surface area contributed by atoms with Gasteiger partial charge < -0.3 is 4.74 Å². The van der Waals surface area contributed by atoms with E-state index in [4.69, 9.17) is 4.74 Å². The fourth-order valence-electron chi connectivity index (χ4n) is 3.18. The van der Waals surface area contributed by atoms with Gasteiger partial charge in [0.25, 0.3) is 6.08 Å². The fraction of sp³-hybridized carbons (Fsp3) is 0.136. The molecule has 8 heteroatoms. The van der Waals surface area contributed by atoms with Gasteiger partial charge in [0.2, 0.25) is 11.7 Å². The smallest absolute Gasteiger partial charge is 0.335 e. The van der Waals surface area contributed by atoms with E-state index in [0.29, 0.717) is 15.7 Å². The number of nitro groups is 1. The Kier molecular flexibility index (Phi) is 6.06. The molecule has 0 aromatic heterocycles. The molecule has 0 unspecified atom stereocenters. The molecule has 3 aromatic carbocycles. The van der Waals surface area contributed by atoms with Crippen LogP contribution in [-0.4, -0.2) is 10.8 Å². The number of anilines is 1. The van der Waals surface area contributed by atoms with Gasteiger partial charge in [-0.2, -0.15) is 8.78 Å². The van der Waals surface area contributed by atoms with Crippen molar-refractivity contribution in [2.45, 2.75) is 20.5 Å². The fourth-order valence-corrected chi connectivity index (χ4v) is 3.18. The third-order valence-electron chi connectivity index (χ3n) is 4.53. The zero-order valence-corrected chi connectivity index (χ0v) is 16.3. The molecule has 0 fully saturated rings. The van der Waals surface area contributed by atoms with Gasteiger partial charge in [-0.25, -0.2) is 0 Å². The summed E-state index contributed by atoms with van der Waals surface area (Å²) in [6, 6.07) is 17.1. The summed E-state index contributed by atoms with van der Waals surface area (Å²) in [6.07, 6.45) is -2.11. The van der Waals surface area contributed by atoms with Crippen LogP contribution in [0.3, 0.4) is 0 Å². The summed E-state index contributed by atoms with van der Waals surface area (Å²) < 4.78 is 32.5. The van der Waals surface area contributed by atoms with Crippen molar-refractivity contribution in [2.24, 2.45) is 0 Å². The number of hydrogen-bond acceptors (Lipinski definition) is 4. The molecule has 30 heavy (non-hydrogen) atoms. The monoisotopic (exact) mass is 412 g/mol. The Morgan fingerprint density at radius 2 is 1.70 bits per heavy atom. The van der Waals surface area contributed by atoms with Crippen molar-refractivity contribution >= 4 is 28.1 Å². The maximum Gasteiger partial charge on any atom is 0.335 e. The van der Waals surface area contributed by atoms with Crippen molar-refractivity contribution in [1.82, 2.24) is 0 Å². The average Bonchev–Trinajstić information content (AvgIpc) is 2.72. The van der Waals surface area contributed by atoms with Gasteiger partial charge in [0, 0.05) is 12.3 Å². The molecule has 0 aliphatic heterocycles. The number of halogens is 2. The van der Waals surface area contributed by atoms with Crippen LogP contribution in [0.4, 0.5) is 20.2 Å². The average molecular weight is 412 g/mol. The normalized spacial score (nSPS) is 10.5. The van der Waals surface area contributed by atoms with Crippen LogP contribution in [0.15, 0.2) is 72.4 Å². The van der Waals surface area contributed by atoms with Gasteiger partial charge in [0.1, 0.15) is 12.3 Å². The second-order valence-corrected chi connectivity index (χ2v) is 6.53. The van der Waals surface area contributed by atoms with E-state index < -0.39 is 28.3 Å². The SMILES string of the molecule is CC(=O)N(C(C)=C(F)F)c1cc2ccccc2c(OCc2ccccc2)c1[N+](=O)[O-]. The van der Waals surface area contributed by atoms with E-state index in [2.05, 4.69) is 0 Å². The van der Waals surface area contributed by atoms with Crippen LogP contribution >= 0.6 is 0 Å². The Balaban J connectivity index is 2.27. The molecule has 0 atom stereocenters. The Labute approximate surface area is 171 Å². The summed E-state index contributed by atoms with van der Waals surface area (Å²) in [4.78, 5) is 24.1. The van der Waals surface area contributed by atoms with Crippen LogP contribution in [0.25, 0.3) is 10.8 Å². The number of nitro benzene ring substituents is 1. The first kappa shape index (κ1) is 20.9. The van der Waals surface area contributed by atoms with Crippen LogP contribution in [0.5, 0.6) is 5.75 Å². The molecule has 0 bridgehead atoms. The Hall–Kier alpha value is -3.81. The van der Waals surface area contributed by atoms with E-state index in [1.54, 1.807) is 48.5 Å². The highest BCUT2D eigenvalue weighted by atomic mass is 19.3. The molecule has 0 heterocycles. The largest absolute Gasteiger partial charge is 0.481 e. The predicted molar refractivity (Wildman–Crippen MR) is 109 cm³/mol. The van der Waals surface area contributed by atoms with E-state index >= 15 is 0 Å².